The number of hydrogen-bond acceptors (Lipinski definition) is 2. The zero-order valence-corrected chi connectivity index (χ0v) is 41.8. The van der Waals surface area contributed by atoms with Crippen molar-refractivity contribution < 1.29 is 0 Å². The second-order valence-electron chi connectivity index (χ2n) is 25.3. The van der Waals surface area contributed by atoms with Crippen LogP contribution in [0.15, 0.2) is 48.5 Å². The Kier molecular flexibility index (Phi) is 16.9. The van der Waals surface area contributed by atoms with Crippen LogP contribution in [0.2, 0.25) is 5.31 Å². The summed E-state index contributed by atoms with van der Waals surface area (Å²) in [7, 11) is 7.16. The van der Waals surface area contributed by atoms with Gasteiger partial charge in [0.1, 0.15) is 0 Å². The predicted molar refractivity (Wildman–Crippen MR) is 263 cm³/mol. The molecule has 0 saturated heterocycles. The van der Waals surface area contributed by atoms with Gasteiger partial charge in [0.25, 0.3) is 0 Å². The molecule has 0 aromatic heterocycles. The lowest BCUT2D eigenvalue weighted by Gasteiger charge is -2.47. The van der Waals surface area contributed by atoms with Crippen molar-refractivity contribution in [1.29, 1.82) is 0 Å². The zero-order chi connectivity index (χ0) is 44.0. The molecule has 2 aromatic carbocycles. The van der Waals surface area contributed by atoms with E-state index in [-0.39, 0.29) is 38.3 Å². The molecule has 59 heavy (non-hydrogen) atoms. The standard InChI is InChI=1S/C56H95BN2/c1-49(2)36-26-22-18-16-20-24-34-47(49)43-30-28-32-45(38-43)50(3,4)40-52(7,8)58-54(11,12)42-55(13,14)59-53(9,10)41-51(5,6)46-33-29-31-44(39-46)48-35-25-21-17-19-23-27-37-56(48,15)57/h28-33,38-39,47-48,58-59H,16-27,34-37,40-42H2,1-15H3. The minimum absolute atomic E-state index is 0.00611. The smallest absolute Gasteiger partial charge is 0.0750 e. The first-order chi connectivity index (χ1) is 27.1. The summed E-state index contributed by atoms with van der Waals surface area (Å²) < 4.78 is 0. The fourth-order valence-corrected chi connectivity index (χ4v) is 13.3. The summed E-state index contributed by atoms with van der Waals surface area (Å²) in [6.45, 7) is 36.6. The minimum Gasteiger partial charge on any atom is -0.307 e. The van der Waals surface area contributed by atoms with Gasteiger partial charge in [0.2, 0.25) is 0 Å². The summed E-state index contributed by atoms with van der Waals surface area (Å²) in [4.78, 5) is 0. The van der Waals surface area contributed by atoms with Crippen LogP contribution in [0.1, 0.15) is 260 Å². The monoisotopic (exact) mass is 807 g/mol. The van der Waals surface area contributed by atoms with Crippen LogP contribution in [-0.4, -0.2) is 30.0 Å². The van der Waals surface area contributed by atoms with Crippen LogP contribution >= 0.6 is 0 Å². The van der Waals surface area contributed by atoms with Crippen LogP contribution < -0.4 is 10.6 Å². The molecule has 0 spiro atoms. The van der Waals surface area contributed by atoms with Gasteiger partial charge in [-0.3, -0.25) is 0 Å². The maximum absolute atomic E-state index is 7.16. The molecule has 2 aliphatic carbocycles. The summed E-state index contributed by atoms with van der Waals surface area (Å²) in [5, 5.41) is 8.23. The molecule has 2 fully saturated rings. The highest BCUT2D eigenvalue weighted by Crippen LogP contribution is 2.49. The first-order valence-corrected chi connectivity index (χ1v) is 24.7. The number of hydrogen-bond donors (Lipinski definition) is 2. The van der Waals surface area contributed by atoms with Gasteiger partial charge in [-0.15, -0.1) is 0 Å². The fraction of sp³-hybridized carbons (Fsp3) is 0.786. The Hall–Kier alpha value is -1.58. The third-order valence-corrected chi connectivity index (χ3v) is 14.9. The summed E-state index contributed by atoms with van der Waals surface area (Å²) in [5.41, 5.74) is 6.06. The molecule has 2 radical (unpaired) electrons. The Morgan fingerprint density at radius 3 is 1.29 bits per heavy atom. The van der Waals surface area contributed by atoms with Crippen molar-refractivity contribution >= 4 is 7.85 Å². The molecule has 0 heterocycles. The molecule has 3 heteroatoms. The lowest BCUT2D eigenvalue weighted by atomic mass is 9.56. The molecule has 2 N–H and O–H groups in total. The molecular weight excluding hydrogens is 711 g/mol. The van der Waals surface area contributed by atoms with Crippen LogP contribution in [0.4, 0.5) is 0 Å². The van der Waals surface area contributed by atoms with E-state index >= 15 is 0 Å². The molecule has 4 rings (SSSR count). The van der Waals surface area contributed by atoms with E-state index in [1.54, 1.807) is 5.56 Å². The highest BCUT2D eigenvalue weighted by Gasteiger charge is 2.41. The fourth-order valence-electron chi connectivity index (χ4n) is 13.3. The van der Waals surface area contributed by atoms with Gasteiger partial charge in [-0.1, -0.05) is 186 Å². The third kappa shape index (κ3) is 15.3. The zero-order valence-electron chi connectivity index (χ0n) is 41.8. The summed E-state index contributed by atoms with van der Waals surface area (Å²) in [6, 6.07) is 19.4. The molecule has 2 saturated carbocycles. The molecule has 3 unspecified atom stereocenters. The maximum Gasteiger partial charge on any atom is 0.0750 e. The summed E-state index contributed by atoms with van der Waals surface area (Å²) in [5.74, 6) is 1.04. The lowest BCUT2D eigenvalue weighted by Crippen LogP contribution is -2.61. The summed E-state index contributed by atoms with van der Waals surface area (Å²) in [6.07, 6.45) is 24.4. The van der Waals surface area contributed by atoms with Crippen molar-refractivity contribution in [2.45, 2.75) is 276 Å². The Morgan fingerprint density at radius 2 is 0.831 bits per heavy atom. The Labute approximate surface area is 369 Å². The predicted octanol–water partition coefficient (Wildman–Crippen LogP) is 16.2. The SMILES string of the molecule is [B]C1(C)CCCCCCCCC1c1cccc(C(C)(C)CC(C)(C)NC(C)(C)CC(C)(C)NC(C)(C)CC(C)(C)c2cccc(C3CCCCCCCCC3(C)C)c2)c1. The van der Waals surface area contributed by atoms with Crippen molar-refractivity contribution in [3.63, 3.8) is 0 Å². The highest BCUT2D eigenvalue weighted by molar-refractivity contribution is 6.15. The van der Waals surface area contributed by atoms with Gasteiger partial charge < -0.3 is 10.6 Å². The van der Waals surface area contributed by atoms with Crippen LogP contribution in [0.25, 0.3) is 0 Å². The van der Waals surface area contributed by atoms with E-state index in [1.165, 1.54) is 113 Å². The topological polar surface area (TPSA) is 24.1 Å². The van der Waals surface area contributed by atoms with E-state index in [0.717, 1.165) is 25.7 Å². The van der Waals surface area contributed by atoms with Crippen LogP contribution in [0.5, 0.6) is 0 Å². The molecule has 2 nitrogen and oxygen atoms in total. The molecule has 2 aliphatic rings. The third-order valence-electron chi connectivity index (χ3n) is 14.9. The van der Waals surface area contributed by atoms with Crippen molar-refractivity contribution in [3.8, 4) is 0 Å². The van der Waals surface area contributed by atoms with Crippen LogP contribution in [0, 0.1) is 5.41 Å². The molecule has 3 atom stereocenters. The van der Waals surface area contributed by atoms with Gasteiger partial charge in [-0.2, -0.15) is 0 Å². The average molecular weight is 807 g/mol. The van der Waals surface area contributed by atoms with Gasteiger partial charge >= 0.3 is 0 Å². The van der Waals surface area contributed by atoms with E-state index in [1.807, 2.05) is 0 Å². The van der Waals surface area contributed by atoms with Gasteiger partial charge in [0, 0.05) is 22.2 Å². The van der Waals surface area contributed by atoms with Crippen molar-refractivity contribution in [3.05, 3.63) is 70.8 Å². The van der Waals surface area contributed by atoms with Crippen molar-refractivity contribution in [2.24, 2.45) is 5.41 Å². The second-order valence-corrected chi connectivity index (χ2v) is 25.3. The maximum atomic E-state index is 7.16. The number of nitrogens with one attached hydrogen (secondary N) is 2. The van der Waals surface area contributed by atoms with Crippen molar-refractivity contribution in [2.75, 3.05) is 0 Å². The van der Waals surface area contributed by atoms with Gasteiger partial charge in [0.15, 0.2) is 0 Å². The van der Waals surface area contributed by atoms with Gasteiger partial charge in [0.05, 0.1) is 7.85 Å². The Balaban J connectivity index is 1.42. The molecule has 0 aliphatic heterocycles. The Morgan fingerprint density at radius 1 is 0.475 bits per heavy atom. The minimum atomic E-state index is -0.161. The number of benzene rings is 2. The molecule has 0 bridgehead atoms. The molecule has 2 aromatic rings. The second kappa shape index (κ2) is 19.9. The normalized spacial score (nSPS) is 24.1. The lowest BCUT2D eigenvalue weighted by molar-refractivity contribution is 0.145. The first-order valence-electron chi connectivity index (χ1n) is 24.7. The first kappa shape index (κ1) is 50.1. The largest absolute Gasteiger partial charge is 0.307 e. The molecule has 0 amide bonds. The highest BCUT2D eigenvalue weighted by atomic mass is 15.1. The van der Waals surface area contributed by atoms with Crippen LogP contribution in [-0.2, 0) is 10.8 Å². The van der Waals surface area contributed by atoms with Crippen LogP contribution in [0.3, 0.4) is 0 Å². The average Bonchev–Trinajstić information content (AvgIpc) is 3.07. The molecular formula is C56H95BN2. The quantitative estimate of drug-likeness (QED) is 0.186. The van der Waals surface area contributed by atoms with E-state index in [4.69, 9.17) is 7.85 Å². The molecule has 332 valence electrons. The Bertz CT molecular complexity index is 1470. The van der Waals surface area contributed by atoms with Gasteiger partial charge in [-0.25, -0.2) is 0 Å². The van der Waals surface area contributed by atoms with E-state index < -0.39 is 0 Å². The summed E-state index contributed by atoms with van der Waals surface area (Å²) >= 11 is 0. The van der Waals surface area contributed by atoms with E-state index in [2.05, 4.69) is 163 Å². The van der Waals surface area contributed by atoms with E-state index in [9.17, 15) is 0 Å². The van der Waals surface area contributed by atoms with Gasteiger partial charge in [-0.05, 0) is 144 Å². The van der Waals surface area contributed by atoms with Crippen molar-refractivity contribution in [1.82, 2.24) is 10.6 Å². The number of rotatable bonds is 14. The van der Waals surface area contributed by atoms with E-state index in [0.29, 0.717) is 17.3 Å².